The maximum atomic E-state index is 12.2. The van der Waals surface area contributed by atoms with Gasteiger partial charge in [-0.3, -0.25) is 4.79 Å². The molecule has 0 aliphatic carbocycles. The van der Waals surface area contributed by atoms with Crippen molar-refractivity contribution < 1.29 is 19.4 Å². The summed E-state index contributed by atoms with van der Waals surface area (Å²) in [6.07, 6.45) is 49.8. The first-order chi connectivity index (χ1) is 23.7. The minimum Gasteiger partial charge on any atom is -0.457 e. The van der Waals surface area contributed by atoms with Crippen molar-refractivity contribution in [2.24, 2.45) is 0 Å². The minimum atomic E-state index is -0.529. The lowest BCUT2D eigenvalue weighted by molar-refractivity contribution is -0.154. The van der Waals surface area contributed by atoms with Crippen LogP contribution in [-0.2, 0) is 14.3 Å². The van der Waals surface area contributed by atoms with Crippen molar-refractivity contribution in [3.8, 4) is 0 Å². The number of ether oxygens (including phenoxy) is 2. The van der Waals surface area contributed by atoms with Gasteiger partial charge >= 0.3 is 5.97 Å². The summed E-state index contributed by atoms with van der Waals surface area (Å²) >= 11 is 0. The van der Waals surface area contributed by atoms with E-state index in [1.54, 1.807) is 0 Å². The number of esters is 1. The van der Waals surface area contributed by atoms with Gasteiger partial charge in [-0.25, -0.2) is 0 Å². The van der Waals surface area contributed by atoms with Crippen LogP contribution < -0.4 is 0 Å². The molecule has 0 spiro atoms. The predicted molar refractivity (Wildman–Crippen MR) is 210 cm³/mol. The Bertz CT molecular complexity index is 633. The van der Waals surface area contributed by atoms with Gasteiger partial charge in [0.2, 0.25) is 0 Å². The van der Waals surface area contributed by atoms with Crippen LogP contribution in [0.1, 0.15) is 239 Å². The lowest BCUT2D eigenvalue weighted by atomic mass is 10.0. The Morgan fingerprint density at radius 3 is 1.19 bits per heavy atom. The van der Waals surface area contributed by atoms with Gasteiger partial charge in [-0.15, -0.1) is 0 Å². The molecule has 0 aromatic carbocycles. The van der Waals surface area contributed by atoms with Gasteiger partial charge in [-0.05, 0) is 38.5 Å². The standard InChI is InChI=1S/C44H86O4/c1-3-5-7-9-11-13-15-17-19-21-23-25-27-29-31-33-35-37-39-44(46)48-43(41-45)42-47-40-38-36-34-32-30-28-26-24-22-20-18-16-14-12-10-8-6-4-2/h18,20,43,45H,3-17,19,21-42H2,1-2H3/b20-18-. The molecule has 4 nitrogen and oxygen atoms in total. The lowest BCUT2D eigenvalue weighted by Gasteiger charge is -2.16. The molecule has 48 heavy (non-hydrogen) atoms. The van der Waals surface area contributed by atoms with Crippen LogP contribution in [0.2, 0.25) is 0 Å². The Hall–Kier alpha value is -0.870. The first kappa shape index (κ1) is 47.1. The van der Waals surface area contributed by atoms with E-state index in [9.17, 15) is 9.90 Å². The molecule has 1 unspecified atom stereocenters. The molecule has 0 fully saturated rings. The van der Waals surface area contributed by atoms with Gasteiger partial charge in [0.15, 0.2) is 0 Å². The van der Waals surface area contributed by atoms with Gasteiger partial charge in [0, 0.05) is 13.0 Å². The smallest absolute Gasteiger partial charge is 0.306 e. The molecule has 0 heterocycles. The largest absolute Gasteiger partial charge is 0.457 e. The fourth-order valence-electron chi connectivity index (χ4n) is 6.56. The second-order valence-corrected chi connectivity index (χ2v) is 14.8. The van der Waals surface area contributed by atoms with Crippen LogP contribution >= 0.6 is 0 Å². The maximum absolute atomic E-state index is 12.2. The zero-order valence-corrected chi connectivity index (χ0v) is 32.8. The topological polar surface area (TPSA) is 55.8 Å². The molecule has 0 bridgehead atoms. The fourth-order valence-corrected chi connectivity index (χ4v) is 6.56. The highest BCUT2D eigenvalue weighted by molar-refractivity contribution is 5.69. The second kappa shape index (κ2) is 42.3. The fraction of sp³-hybridized carbons (Fsp3) is 0.932. The number of rotatable bonds is 41. The van der Waals surface area contributed by atoms with E-state index in [-0.39, 0.29) is 12.6 Å². The van der Waals surface area contributed by atoms with Gasteiger partial charge in [0.25, 0.3) is 0 Å². The Kier molecular flexibility index (Phi) is 41.5. The van der Waals surface area contributed by atoms with Gasteiger partial charge in [-0.1, -0.05) is 206 Å². The van der Waals surface area contributed by atoms with Crippen LogP contribution in [-0.4, -0.2) is 37.0 Å². The van der Waals surface area contributed by atoms with E-state index in [1.165, 1.54) is 199 Å². The highest BCUT2D eigenvalue weighted by Gasteiger charge is 2.13. The normalized spacial score (nSPS) is 12.3. The highest BCUT2D eigenvalue weighted by Crippen LogP contribution is 2.15. The molecule has 0 aliphatic rings. The third-order valence-electron chi connectivity index (χ3n) is 9.84. The number of carbonyl (C=O) groups excluding carboxylic acids is 1. The molecule has 0 radical (unpaired) electrons. The van der Waals surface area contributed by atoms with E-state index in [0.29, 0.717) is 19.6 Å². The molecule has 286 valence electrons. The summed E-state index contributed by atoms with van der Waals surface area (Å²) in [4.78, 5) is 12.2. The molecule has 0 aliphatic heterocycles. The van der Waals surface area contributed by atoms with Crippen LogP contribution in [0.4, 0.5) is 0 Å². The van der Waals surface area contributed by atoms with Crippen LogP contribution in [0.3, 0.4) is 0 Å². The number of aliphatic hydroxyl groups excluding tert-OH is 1. The quantitative estimate of drug-likeness (QED) is 0.0397. The molecule has 0 saturated carbocycles. The molecular formula is C44H86O4. The Balaban J connectivity index is 3.38. The molecular weight excluding hydrogens is 592 g/mol. The van der Waals surface area contributed by atoms with Crippen molar-refractivity contribution in [1.29, 1.82) is 0 Å². The van der Waals surface area contributed by atoms with Crippen LogP contribution in [0.5, 0.6) is 0 Å². The number of hydrogen-bond donors (Lipinski definition) is 1. The van der Waals surface area contributed by atoms with Gasteiger partial charge < -0.3 is 14.6 Å². The monoisotopic (exact) mass is 679 g/mol. The van der Waals surface area contributed by atoms with Crippen LogP contribution in [0.25, 0.3) is 0 Å². The van der Waals surface area contributed by atoms with E-state index in [4.69, 9.17) is 9.47 Å². The van der Waals surface area contributed by atoms with Crippen molar-refractivity contribution in [2.45, 2.75) is 245 Å². The number of hydrogen-bond acceptors (Lipinski definition) is 4. The average molecular weight is 679 g/mol. The summed E-state index contributed by atoms with van der Waals surface area (Å²) in [7, 11) is 0. The molecule has 0 aromatic heterocycles. The van der Waals surface area contributed by atoms with Crippen molar-refractivity contribution in [1.82, 2.24) is 0 Å². The van der Waals surface area contributed by atoms with Crippen molar-refractivity contribution in [2.75, 3.05) is 19.8 Å². The summed E-state index contributed by atoms with van der Waals surface area (Å²) < 4.78 is 11.2. The average Bonchev–Trinajstić information content (AvgIpc) is 3.09. The first-order valence-electron chi connectivity index (χ1n) is 21.8. The first-order valence-corrected chi connectivity index (χ1v) is 21.8. The SMILES string of the molecule is CCCCCCCC/C=C\CCCCCCCCCCOCC(CO)OC(=O)CCCCCCCCCCCCCCCCCCCC. The van der Waals surface area contributed by atoms with E-state index in [2.05, 4.69) is 26.0 Å². The number of unbranched alkanes of at least 4 members (excludes halogenated alkanes) is 31. The summed E-state index contributed by atoms with van der Waals surface area (Å²) in [5.41, 5.74) is 0. The van der Waals surface area contributed by atoms with Gasteiger partial charge in [0.05, 0.1) is 13.2 Å². The lowest BCUT2D eigenvalue weighted by Crippen LogP contribution is -2.27. The van der Waals surface area contributed by atoms with Gasteiger partial charge in [0.1, 0.15) is 6.10 Å². The Morgan fingerprint density at radius 2 is 0.812 bits per heavy atom. The van der Waals surface area contributed by atoms with Gasteiger partial charge in [-0.2, -0.15) is 0 Å². The molecule has 0 aromatic rings. The molecule has 1 N–H and O–H groups in total. The van der Waals surface area contributed by atoms with Crippen molar-refractivity contribution in [3.63, 3.8) is 0 Å². The van der Waals surface area contributed by atoms with E-state index < -0.39 is 6.10 Å². The highest BCUT2D eigenvalue weighted by atomic mass is 16.6. The molecule has 0 amide bonds. The minimum absolute atomic E-state index is 0.167. The molecule has 1 atom stereocenters. The predicted octanol–water partition coefficient (Wildman–Crippen LogP) is 14.2. The second-order valence-electron chi connectivity index (χ2n) is 14.8. The zero-order valence-electron chi connectivity index (χ0n) is 32.8. The van der Waals surface area contributed by atoms with E-state index in [0.717, 1.165) is 19.3 Å². The van der Waals surface area contributed by atoms with E-state index in [1.807, 2.05) is 0 Å². The third kappa shape index (κ3) is 39.6. The summed E-state index contributed by atoms with van der Waals surface area (Å²) in [5, 5.41) is 9.60. The number of carbonyl (C=O) groups is 1. The number of aliphatic hydroxyl groups is 1. The van der Waals surface area contributed by atoms with Crippen molar-refractivity contribution >= 4 is 5.97 Å². The maximum Gasteiger partial charge on any atom is 0.306 e. The summed E-state index contributed by atoms with van der Waals surface area (Å²) in [6.45, 7) is 5.38. The van der Waals surface area contributed by atoms with Crippen molar-refractivity contribution in [3.05, 3.63) is 12.2 Å². The molecule has 0 rings (SSSR count). The third-order valence-corrected chi connectivity index (χ3v) is 9.84. The van der Waals surface area contributed by atoms with Crippen LogP contribution in [0, 0.1) is 0 Å². The zero-order chi connectivity index (χ0) is 34.9. The summed E-state index contributed by atoms with van der Waals surface area (Å²) in [6, 6.07) is 0. The van der Waals surface area contributed by atoms with Crippen LogP contribution in [0.15, 0.2) is 12.2 Å². The molecule has 0 saturated heterocycles. The number of allylic oxidation sites excluding steroid dienone is 2. The molecule has 4 heteroatoms. The summed E-state index contributed by atoms with van der Waals surface area (Å²) in [5.74, 6) is -0.196. The van der Waals surface area contributed by atoms with E-state index >= 15 is 0 Å². The Labute approximate surface area is 301 Å². The Morgan fingerprint density at radius 1 is 0.479 bits per heavy atom.